The Balaban J connectivity index is 1.21. The molecule has 0 radical (unpaired) electrons. The van der Waals surface area contributed by atoms with Gasteiger partial charge < -0.3 is 9.80 Å². The summed E-state index contributed by atoms with van der Waals surface area (Å²) in [4.78, 5) is 34.8. The second-order valence-electron chi connectivity index (χ2n) is 10.4. The minimum absolute atomic E-state index is 0.220. The zero-order valence-electron chi connectivity index (χ0n) is 23.3. The number of aromatic nitrogens is 4. The summed E-state index contributed by atoms with van der Waals surface area (Å²) in [5, 5.41) is 7.26. The van der Waals surface area contributed by atoms with Crippen molar-refractivity contribution in [3.05, 3.63) is 84.4 Å². The summed E-state index contributed by atoms with van der Waals surface area (Å²) in [6, 6.07) is 17.4. The van der Waals surface area contributed by atoms with Crippen LogP contribution < -0.4 is 5.32 Å². The van der Waals surface area contributed by atoms with E-state index in [0.717, 1.165) is 74.4 Å². The third kappa shape index (κ3) is 6.84. The number of piperazine rings is 1. The van der Waals surface area contributed by atoms with Crippen molar-refractivity contribution in [2.45, 2.75) is 32.1 Å². The van der Waals surface area contributed by atoms with Gasteiger partial charge in [-0.15, -0.1) is 0 Å². The van der Waals surface area contributed by atoms with Gasteiger partial charge in [0.1, 0.15) is 0 Å². The molecule has 5 rings (SSSR count). The second kappa shape index (κ2) is 12.7. The summed E-state index contributed by atoms with van der Waals surface area (Å²) in [7, 11) is 3.97. The van der Waals surface area contributed by atoms with Crippen LogP contribution in [-0.2, 0) is 18.3 Å². The molecule has 0 spiro atoms. The molecule has 0 saturated carbocycles. The Kier molecular flexibility index (Phi) is 8.71. The SMILES string of the molecule is CN1CCN(C(=O)CCCCCc2cn(-c3ccccc3)c(NC(=O)c3cccc(-c4cnn(C)c4)c3)n2)CC1. The lowest BCUT2D eigenvalue weighted by atomic mass is 10.1. The number of aryl methyl sites for hydroxylation is 2. The monoisotopic (exact) mass is 539 g/mol. The van der Waals surface area contributed by atoms with Crippen LogP contribution in [0.3, 0.4) is 0 Å². The topological polar surface area (TPSA) is 88.3 Å². The lowest BCUT2D eigenvalue weighted by molar-refractivity contribution is -0.132. The van der Waals surface area contributed by atoms with E-state index in [2.05, 4.69) is 22.4 Å². The molecule has 9 nitrogen and oxygen atoms in total. The molecule has 0 bridgehead atoms. The number of likely N-dealkylation sites (N-methyl/N-ethyl adjacent to an activating group) is 1. The van der Waals surface area contributed by atoms with Crippen molar-refractivity contribution >= 4 is 17.8 Å². The van der Waals surface area contributed by atoms with E-state index >= 15 is 0 Å². The first kappa shape index (κ1) is 27.3. The smallest absolute Gasteiger partial charge is 0.258 e. The van der Waals surface area contributed by atoms with Gasteiger partial charge in [-0.05, 0) is 56.1 Å². The van der Waals surface area contributed by atoms with Crippen molar-refractivity contribution < 1.29 is 9.59 Å². The number of unbranched alkanes of at least 4 members (excludes halogenated alkanes) is 2. The van der Waals surface area contributed by atoms with Crippen LogP contribution in [0, 0.1) is 0 Å². The Bertz CT molecular complexity index is 1430. The molecule has 1 fully saturated rings. The van der Waals surface area contributed by atoms with Crippen LogP contribution in [0.15, 0.2) is 73.2 Å². The molecule has 208 valence electrons. The van der Waals surface area contributed by atoms with E-state index < -0.39 is 0 Å². The van der Waals surface area contributed by atoms with Crippen LogP contribution in [0.4, 0.5) is 5.95 Å². The van der Waals surface area contributed by atoms with Crippen molar-refractivity contribution in [2.75, 3.05) is 38.5 Å². The molecule has 2 aromatic heterocycles. The molecule has 9 heteroatoms. The first-order valence-corrected chi connectivity index (χ1v) is 14.0. The molecule has 1 N–H and O–H groups in total. The molecule has 0 aliphatic carbocycles. The summed E-state index contributed by atoms with van der Waals surface area (Å²) < 4.78 is 3.67. The van der Waals surface area contributed by atoms with E-state index in [1.807, 2.05) is 77.4 Å². The van der Waals surface area contributed by atoms with Crippen molar-refractivity contribution in [1.29, 1.82) is 0 Å². The fourth-order valence-electron chi connectivity index (χ4n) is 4.98. The van der Waals surface area contributed by atoms with Crippen LogP contribution in [0.1, 0.15) is 41.7 Å². The van der Waals surface area contributed by atoms with Gasteiger partial charge in [-0.2, -0.15) is 5.10 Å². The number of hydrogen-bond donors (Lipinski definition) is 1. The van der Waals surface area contributed by atoms with Crippen LogP contribution in [-0.4, -0.2) is 74.2 Å². The average Bonchev–Trinajstić information content (AvgIpc) is 3.59. The van der Waals surface area contributed by atoms with Crippen molar-refractivity contribution in [3.63, 3.8) is 0 Å². The summed E-state index contributed by atoms with van der Waals surface area (Å²) in [5.41, 5.74) is 4.28. The fourth-order valence-corrected chi connectivity index (χ4v) is 4.98. The zero-order valence-corrected chi connectivity index (χ0v) is 23.3. The predicted octanol–water partition coefficient (Wildman–Crippen LogP) is 4.40. The molecule has 40 heavy (non-hydrogen) atoms. The van der Waals surface area contributed by atoms with E-state index in [9.17, 15) is 9.59 Å². The fraction of sp³-hybridized carbons (Fsp3) is 0.355. The number of carbonyl (C=O) groups excluding carboxylic acids is 2. The van der Waals surface area contributed by atoms with Crippen LogP contribution in [0.25, 0.3) is 16.8 Å². The number of benzene rings is 2. The van der Waals surface area contributed by atoms with E-state index in [0.29, 0.717) is 17.9 Å². The van der Waals surface area contributed by atoms with E-state index in [1.54, 1.807) is 16.9 Å². The second-order valence-corrected chi connectivity index (χ2v) is 10.4. The summed E-state index contributed by atoms with van der Waals surface area (Å²) in [6.45, 7) is 3.55. The summed E-state index contributed by atoms with van der Waals surface area (Å²) >= 11 is 0. The van der Waals surface area contributed by atoms with Crippen molar-refractivity contribution in [2.24, 2.45) is 7.05 Å². The van der Waals surface area contributed by atoms with Crippen molar-refractivity contribution in [1.82, 2.24) is 29.1 Å². The molecule has 1 aliphatic heterocycles. The minimum atomic E-state index is -0.220. The average molecular weight is 540 g/mol. The molecule has 1 saturated heterocycles. The maximum Gasteiger partial charge on any atom is 0.258 e. The first-order valence-electron chi connectivity index (χ1n) is 14.0. The maximum absolute atomic E-state index is 13.3. The molecule has 1 aliphatic rings. The molecule has 2 aromatic carbocycles. The maximum atomic E-state index is 13.3. The highest BCUT2D eigenvalue weighted by Crippen LogP contribution is 2.22. The van der Waals surface area contributed by atoms with Gasteiger partial charge in [-0.3, -0.25) is 24.2 Å². The van der Waals surface area contributed by atoms with E-state index in [4.69, 9.17) is 4.98 Å². The quantitative estimate of drug-likeness (QED) is 0.302. The number of nitrogens with one attached hydrogen (secondary N) is 1. The van der Waals surface area contributed by atoms with Gasteiger partial charge in [0.2, 0.25) is 11.9 Å². The largest absolute Gasteiger partial charge is 0.340 e. The van der Waals surface area contributed by atoms with Crippen molar-refractivity contribution in [3.8, 4) is 16.8 Å². The lowest BCUT2D eigenvalue weighted by Gasteiger charge is -2.32. The van der Waals surface area contributed by atoms with Gasteiger partial charge in [-0.1, -0.05) is 36.8 Å². The Labute approximate surface area is 235 Å². The Morgan fingerprint density at radius 2 is 1.68 bits per heavy atom. The molecule has 0 unspecified atom stereocenters. The van der Waals surface area contributed by atoms with E-state index in [-0.39, 0.29) is 11.8 Å². The third-order valence-electron chi connectivity index (χ3n) is 7.36. The highest BCUT2D eigenvalue weighted by atomic mass is 16.2. The highest BCUT2D eigenvalue weighted by molar-refractivity contribution is 6.04. The molecule has 2 amide bonds. The van der Waals surface area contributed by atoms with Gasteiger partial charge in [-0.25, -0.2) is 4.98 Å². The van der Waals surface area contributed by atoms with Gasteiger partial charge >= 0.3 is 0 Å². The Morgan fingerprint density at radius 3 is 2.42 bits per heavy atom. The standard InChI is InChI=1S/C31H37N7O2/c1-35-16-18-37(19-17-35)29(39)15-8-3-5-12-27-23-38(28-13-6-4-7-14-28)31(33-27)34-30(40)25-11-9-10-24(20-25)26-21-32-36(2)22-26/h4,6-7,9-11,13-14,20-23H,3,5,8,12,15-19H2,1-2H3,(H,33,34,40). The van der Waals surface area contributed by atoms with E-state index in [1.165, 1.54) is 0 Å². The number of imidazole rings is 1. The first-order chi connectivity index (χ1) is 19.5. The highest BCUT2D eigenvalue weighted by Gasteiger charge is 2.19. The number of carbonyl (C=O) groups is 2. The van der Waals surface area contributed by atoms with Gasteiger partial charge in [0, 0.05) is 68.9 Å². The molecule has 0 atom stereocenters. The molecular weight excluding hydrogens is 502 g/mol. The number of hydrogen-bond acceptors (Lipinski definition) is 5. The lowest BCUT2D eigenvalue weighted by Crippen LogP contribution is -2.47. The Morgan fingerprint density at radius 1 is 0.875 bits per heavy atom. The van der Waals surface area contributed by atoms with Gasteiger partial charge in [0.15, 0.2) is 0 Å². The number of rotatable bonds is 10. The van der Waals surface area contributed by atoms with Crippen LogP contribution >= 0.6 is 0 Å². The number of nitrogens with zero attached hydrogens (tertiary/aromatic N) is 6. The molecular formula is C31H37N7O2. The minimum Gasteiger partial charge on any atom is -0.340 e. The number of para-hydroxylation sites is 1. The molecule has 4 aromatic rings. The normalized spacial score (nSPS) is 13.9. The Hall–Kier alpha value is -4.24. The van der Waals surface area contributed by atoms with Crippen LogP contribution in [0.5, 0.6) is 0 Å². The number of amides is 2. The summed E-state index contributed by atoms with van der Waals surface area (Å²) in [6.07, 6.45) is 9.85. The molecule has 3 heterocycles. The number of anilines is 1. The van der Waals surface area contributed by atoms with Gasteiger partial charge in [0.05, 0.1) is 11.9 Å². The van der Waals surface area contributed by atoms with Gasteiger partial charge in [0.25, 0.3) is 5.91 Å². The summed E-state index contributed by atoms with van der Waals surface area (Å²) in [5.74, 6) is 0.532. The third-order valence-corrected chi connectivity index (χ3v) is 7.36. The zero-order chi connectivity index (χ0) is 27.9. The van der Waals surface area contributed by atoms with Crippen LogP contribution in [0.2, 0.25) is 0 Å². The predicted molar refractivity (Wildman–Crippen MR) is 156 cm³/mol.